The van der Waals surface area contributed by atoms with Crippen molar-refractivity contribution >= 4 is 17.4 Å². The minimum Gasteiger partial charge on any atom is -0.406 e. The third-order valence-corrected chi connectivity index (χ3v) is 2.73. The lowest BCUT2D eigenvalue weighted by Crippen LogP contribution is -2.17. The average molecular weight is 303 g/mol. The number of nitrogens with zero attached hydrogens (tertiary/aromatic N) is 1. The normalized spacial score (nSPS) is 11.4. The van der Waals surface area contributed by atoms with E-state index in [1.54, 1.807) is 6.07 Å². The van der Waals surface area contributed by atoms with Crippen LogP contribution in [-0.4, -0.2) is 11.3 Å². The fourth-order valence-corrected chi connectivity index (χ4v) is 1.84. The first-order valence-corrected chi connectivity index (χ1v) is 5.96. The number of anilines is 1. The third-order valence-electron chi connectivity index (χ3n) is 2.52. The van der Waals surface area contributed by atoms with Gasteiger partial charge in [0.25, 0.3) is 0 Å². The zero-order valence-electron chi connectivity index (χ0n) is 10.1. The van der Waals surface area contributed by atoms with Gasteiger partial charge in [-0.25, -0.2) is 4.98 Å². The largest absolute Gasteiger partial charge is 0.573 e. The zero-order valence-corrected chi connectivity index (χ0v) is 10.9. The maximum Gasteiger partial charge on any atom is 0.573 e. The van der Waals surface area contributed by atoms with Crippen molar-refractivity contribution in [3.8, 4) is 5.75 Å². The molecule has 1 heterocycles. The van der Waals surface area contributed by atoms with Crippen molar-refractivity contribution < 1.29 is 17.9 Å². The predicted octanol–water partition coefficient (Wildman–Crippen LogP) is 3.81. The number of alkyl halides is 3. The molecule has 0 spiro atoms. The molecule has 106 valence electrons. The Morgan fingerprint density at radius 3 is 2.45 bits per heavy atom. The molecule has 0 amide bonds. The van der Waals surface area contributed by atoms with Crippen LogP contribution in [0.25, 0.3) is 0 Å². The van der Waals surface area contributed by atoms with Crippen molar-refractivity contribution in [2.75, 3.05) is 5.73 Å². The van der Waals surface area contributed by atoms with Crippen LogP contribution in [0, 0.1) is 0 Å². The molecule has 1 aromatic heterocycles. The first kappa shape index (κ1) is 14.5. The Morgan fingerprint density at radius 2 is 1.85 bits per heavy atom. The van der Waals surface area contributed by atoms with E-state index in [2.05, 4.69) is 9.72 Å². The standard InChI is InChI=1S/C13H10ClF3N2O/c14-10-6-9(12(18)19-7-10)5-8-1-3-11(4-2-8)20-13(15,16)17/h1-4,6-7H,5H2,(H2,18,19). The molecular weight excluding hydrogens is 293 g/mol. The Bertz CT molecular complexity index is 600. The molecule has 20 heavy (non-hydrogen) atoms. The Balaban J connectivity index is 2.13. The number of hydrogen-bond acceptors (Lipinski definition) is 3. The number of rotatable bonds is 3. The summed E-state index contributed by atoms with van der Waals surface area (Å²) in [5.41, 5.74) is 7.19. The van der Waals surface area contributed by atoms with Crippen LogP contribution in [0.1, 0.15) is 11.1 Å². The van der Waals surface area contributed by atoms with Crippen LogP contribution in [0.2, 0.25) is 5.02 Å². The van der Waals surface area contributed by atoms with Crippen LogP contribution in [-0.2, 0) is 6.42 Å². The highest BCUT2D eigenvalue weighted by Gasteiger charge is 2.30. The van der Waals surface area contributed by atoms with Crippen molar-refractivity contribution in [1.29, 1.82) is 0 Å². The van der Waals surface area contributed by atoms with Crippen LogP contribution in [0.15, 0.2) is 36.5 Å². The number of pyridine rings is 1. The van der Waals surface area contributed by atoms with Crippen molar-refractivity contribution in [2.45, 2.75) is 12.8 Å². The number of aromatic nitrogens is 1. The minimum atomic E-state index is -4.69. The summed E-state index contributed by atoms with van der Waals surface area (Å²) in [5.74, 6) is 0.0726. The molecule has 0 bridgehead atoms. The SMILES string of the molecule is Nc1ncc(Cl)cc1Cc1ccc(OC(F)(F)F)cc1. The first-order chi connectivity index (χ1) is 9.33. The highest BCUT2D eigenvalue weighted by atomic mass is 35.5. The van der Waals surface area contributed by atoms with Crippen LogP contribution in [0.4, 0.5) is 19.0 Å². The van der Waals surface area contributed by atoms with Crippen molar-refractivity contribution in [3.05, 3.63) is 52.7 Å². The highest BCUT2D eigenvalue weighted by molar-refractivity contribution is 6.30. The van der Waals surface area contributed by atoms with E-state index in [9.17, 15) is 13.2 Å². The molecule has 2 aromatic rings. The summed E-state index contributed by atoms with van der Waals surface area (Å²) >= 11 is 5.82. The lowest BCUT2D eigenvalue weighted by atomic mass is 10.1. The summed E-state index contributed by atoms with van der Waals surface area (Å²) in [4.78, 5) is 3.91. The van der Waals surface area contributed by atoms with E-state index in [1.807, 2.05) is 0 Å². The lowest BCUT2D eigenvalue weighted by Gasteiger charge is -2.10. The molecule has 0 fully saturated rings. The maximum absolute atomic E-state index is 12.0. The molecule has 1 aromatic carbocycles. The second-order valence-corrected chi connectivity index (χ2v) is 4.50. The zero-order chi connectivity index (χ0) is 14.8. The van der Waals surface area contributed by atoms with Crippen LogP contribution < -0.4 is 10.5 Å². The fourth-order valence-electron chi connectivity index (χ4n) is 1.66. The van der Waals surface area contributed by atoms with E-state index in [0.29, 0.717) is 22.8 Å². The van der Waals surface area contributed by atoms with E-state index in [-0.39, 0.29) is 5.75 Å². The van der Waals surface area contributed by atoms with Gasteiger partial charge in [0.1, 0.15) is 11.6 Å². The van der Waals surface area contributed by atoms with Gasteiger partial charge < -0.3 is 10.5 Å². The molecule has 2 rings (SSSR count). The molecule has 7 heteroatoms. The molecule has 0 radical (unpaired) electrons. The Morgan fingerprint density at radius 1 is 1.20 bits per heavy atom. The number of benzene rings is 1. The summed E-state index contributed by atoms with van der Waals surface area (Å²) in [6.45, 7) is 0. The molecule has 0 aliphatic rings. The molecule has 0 atom stereocenters. The quantitative estimate of drug-likeness (QED) is 0.938. The average Bonchev–Trinajstić information content (AvgIpc) is 2.34. The van der Waals surface area contributed by atoms with Crippen molar-refractivity contribution in [3.63, 3.8) is 0 Å². The van der Waals surface area contributed by atoms with Crippen molar-refractivity contribution in [2.24, 2.45) is 0 Å². The second-order valence-electron chi connectivity index (χ2n) is 4.07. The van der Waals surface area contributed by atoms with Gasteiger partial charge in [-0.05, 0) is 23.8 Å². The van der Waals surface area contributed by atoms with Crippen LogP contribution in [0.5, 0.6) is 5.75 Å². The second kappa shape index (κ2) is 5.58. The Labute approximate surface area is 118 Å². The first-order valence-electron chi connectivity index (χ1n) is 5.58. The van der Waals surface area contributed by atoms with Crippen LogP contribution in [0.3, 0.4) is 0 Å². The Kier molecular flexibility index (Phi) is 4.04. The van der Waals surface area contributed by atoms with Gasteiger partial charge in [0.2, 0.25) is 0 Å². The van der Waals surface area contributed by atoms with Gasteiger partial charge >= 0.3 is 6.36 Å². The van der Waals surface area contributed by atoms with E-state index < -0.39 is 6.36 Å². The van der Waals surface area contributed by atoms with Crippen LogP contribution >= 0.6 is 11.6 Å². The van der Waals surface area contributed by atoms with Gasteiger partial charge in [0.05, 0.1) is 5.02 Å². The molecule has 2 N–H and O–H groups in total. The topological polar surface area (TPSA) is 48.1 Å². The molecule has 3 nitrogen and oxygen atoms in total. The molecule has 0 aliphatic carbocycles. The monoisotopic (exact) mass is 302 g/mol. The molecule has 0 unspecified atom stereocenters. The summed E-state index contributed by atoms with van der Waals surface area (Å²) in [6, 6.07) is 7.22. The molecule has 0 aliphatic heterocycles. The van der Waals surface area contributed by atoms with Gasteiger partial charge in [-0.3, -0.25) is 0 Å². The number of halogens is 4. The predicted molar refractivity (Wildman–Crippen MR) is 69.6 cm³/mol. The fraction of sp³-hybridized carbons (Fsp3) is 0.154. The van der Waals surface area contributed by atoms with E-state index in [1.165, 1.54) is 30.5 Å². The smallest absolute Gasteiger partial charge is 0.406 e. The van der Waals surface area contributed by atoms with E-state index >= 15 is 0 Å². The number of nitrogen functional groups attached to an aromatic ring is 1. The minimum absolute atomic E-state index is 0.265. The summed E-state index contributed by atoms with van der Waals surface area (Å²) in [6.07, 6.45) is -2.84. The molecule has 0 saturated heterocycles. The number of hydrogen-bond donors (Lipinski definition) is 1. The molecular formula is C13H10ClF3N2O. The van der Waals surface area contributed by atoms with E-state index in [4.69, 9.17) is 17.3 Å². The van der Waals surface area contributed by atoms with Gasteiger partial charge in [-0.2, -0.15) is 0 Å². The number of nitrogens with two attached hydrogens (primary N) is 1. The van der Waals surface area contributed by atoms with Gasteiger partial charge in [-0.15, -0.1) is 13.2 Å². The van der Waals surface area contributed by atoms with Gasteiger partial charge in [0.15, 0.2) is 0 Å². The maximum atomic E-state index is 12.0. The highest BCUT2D eigenvalue weighted by Crippen LogP contribution is 2.24. The van der Waals surface area contributed by atoms with E-state index in [0.717, 1.165) is 5.56 Å². The van der Waals surface area contributed by atoms with Gasteiger partial charge in [0, 0.05) is 18.2 Å². The molecule has 0 saturated carbocycles. The Hall–Kier alpha value is -1.95. The lowest BCUT2D eigenvalue weighted by molar-refractivity contribution is -0.274. The summed E-state index contributed by atoms with van der Waals surface area (Å²) < 4.78 is 39.9. The number of ether oxygens (including phenoxy) is 1. The van der Waals surface area contributed by atoms with Gasteiger partial charge in [-0.1, -0.05) is 23.7 Å². The van der Waals surface area contributed by atoms with Crippen molar-refractivity contribution in [1.82, 2.24) is 4.98 Å². The summed E-state index contributed by atoms with van der Waals surface area (Å²) in [5, 5.41) is 0.450. The third kappa shape index (κ3) is 4.03. The summed E-state index contributed by atoms with van der Waals surface area (Å²) in [7, 11) is 0.